The number of ether oxygens (including phenoxy) is 1. The number of rotatable bonds is 4. The third-order valence-corrected chi connectivity index (χ3v) is 3.95. The standard InChI is InChI=1S/C18H19NO3/c1-19-11-16(20)17(18(19)21)14-8-5-9-15(10-14)22-12-13-6-3-2-4-7-13/h2-10,16-17,20H,11-12H2,1H3. The second-order valence-electron chi connectivity index (χ2n) is 5.61. The molecule has 2 aromatic rings. The summed E-state index contributed by atoms with van der Waals surface area (Å²) in [5.74, 6) is 0.161. The lowest BCUT2D eigenvalue weighted by Gasteiger charge is -2.14. The molecule has 1 N–H and O–H groups in total. The summed E-state index contributed by atoms with van der Waals surface area (Å²) >= 11 is 0. The summed E-state index contributed by atoms with van der Waals surface area (Å²) in [7, 11) is 1.71. The van der Waals surface area contributed by atoms with Gasteiger partial charge in [-0.2, -0.15) is 0 Å². The van der Waals surface area contributed by atoms with E-state index in [0.29, 0.717) is 18.9 Å². The lowest BCUT2D eigenvalue weighted by molar-refractivity contribution is -0.128. The molecule has 1 amide bonds. The van der Waals surface area contributed by atoms with E-state index in [9.17, 15) is 9.90 Å². The number of likely N-dealkylation sites (N-methyl/N-ethyl adjacent to an activating group) is 1. The zero-order valence-electron chi connectivity index (χ0n) is 12.5. The Bertz CT molecular complexity index is 656. The van der Waals surface area contributed by atoms with Crippen molar-refractivity contribution in [1.29, 1.82) is 0 Å². The van der Waals surface area contributed by atoms with Gasteiger partial charge in [0, 0.05) is 13.6 Å². The molecule has 1 heterocycles. The molecular weight excluding hydrogens is 278 g/mol. The van der Waals surface area contributed by atoms with Crippen molar-refractivity contribution in [2.45, 2.75) is 18.6 Å². The van der Waals surface area contributed by atoms with E-state index < -0.39 is 12.0 Å². The zero-order chi connectivity index (χ0) is 15.5. The Hall–Kier alpha value is -2.33. The van der Waals surface area contributed by atoms with Gasteiger partial charge in [0.25, 0.3) is 0 Å². The van der Waals surface area contributed by atoms with Crippen LogP contribution in [-0.4, -0.2) is 35.6 Å². The highest BCUT2D eigenvalue weighted by atomic mass is 16.5. The van der Waals surface area contributed by atoms with Crippen LogP contribution in [0.2, 0.25) is 0 Å². The molecule has 0 radical (unpaired) electrons. The number of amides is 1. The summed E-state index contributed by atoms with van der Waals surface area (Å²) in [4.78, 5) is 13.7. The molecule has 4 nitrogen and oxygen atoms in total. The number of aliphatic hydroxyl groups excluding tert-OH is 1. The Labute approximate surface area is 130 Å². The van der Waals surface area contributed by atoms with Crippen LogP contribution in [0, 0.1) is 0 Å². The third kappa shape index (κ3) is 2.97. The quantitative estimate of drug-likeness (QED) is 0.941. The number of benzene rings is 2. The van der Waals surface area contributed by atoms with Crippen LogP contribution in [0.15, 0.2) is 54.6 Å². The monoisotopic (exact) mass is 297 g/mol. The summed E-state index contributed by atoms with van der Waals surface area (Å²) in [6.45, 7) is 0.851. The summed E-state index contributed by atoms with van der Waals surface area (Å²) < 4.78 is 5.78. The molecule has 1 aliphatic rings. The number of likely N-dealkylation sites (tertiary alicyclic amines) is 1. The molecule has 1 saturated heterocycles. The van der Waals surface area contributed by atoms with Gasteiger partial charge in [0.2, 0.25) is 5.91 Å². The highest BCUT2D eigenvalue weighted by Crippen LogP contribution is 2.30. The molecule has 1 fully saturated rings. The fourth-order valence-electron chi connectivity index (χ4n) is 2.78. The second kappa shape index (κ2) is 6.20. The van der Waals surface area contributed by atoms with Crippen LogP contribution in [0.1, 0.15) is 17.0 Å². The highest BCUT2D eigenvalue weighted by molar-refractivity contribution is 5.86. The second-order valence-corrected chi connectivity index (χ2v) is 5.61. The molecule has 2 atom stereocenters. The summed E-state index contributed by atoms with van der Waals surface area (Å²) in [6.07, 6.45) is -0.665. The fraction of sp³-hybridized carbons (Fsp3) is 0.278. The first-order valence-corrected chi connectivity index (χ1v) is 7.35. The maximum atomic E-state index is 12.1. The minimum absolute atomic E-state index is 0.0484. The number of carbonyl (C=O) groups is 1. The first-order valence-electron chi connectivity index (χ1n) is 7.35. The van der Waals surface area contributed by atoms with Crippen LogP contribution < -0.4 is 4.74 Å². The van der Waals surface area contributed by atoms with Gasteiger partial charge in [0.15, 0.2) is 0 Å². The van der Waals surface area contributed by atoms with E-state index >= 15 is 0 Å². The smallest absolute Gasteiger partial charge is 0.232 e. The molecule has 4 heteroatoms. The predicted octanol–water partition coefficient (Wildman–Crippen LogP) is 2.18. The molecule has 0 spiro atoms. The average Bonchev–Trinajstić information content (AvgIpc) is 2.79. The Morgan fingerprint density at radius 2 is 1.95 bits per heavy atom. The molecule has 0 saturated carbocycles. The largest absolute Gasteiger partial charge is 0.489 e. The summed E-state index contributed by atoms with van der Waals surface area (Å²) in [5, 5.41) is 10.1. The number of carbonyl (C=O) groups excluding carboxylic acids is 1. The van der Waals surface area contributed by atoms with Crippen LogP contribution >= 0.6 is 0 Å². The molecule has 3 rings (SSSR count). The van der Waals surface area contributed by atoms with Crippen molar-refractivity contribution in [1.82, 2.24) is 4.90 Å². The van der Waals surface area contributed by atoms with Gasteiger partial charge in [-0.15, -0.1) is 0 Å². The SMILES string of the molecule is CN1CC(O)C(c2cccc(OCc3ccccc3)c2)C1=O. The Balaban J connectivity index is 1.74. The Morgan fingerprint density at radius 1 is 1.18 bits per heavy atom. The molecular formula is C18H19NO3. The number of hydrogen-bond acceptors (Lipinski definition) is 3. The maximum Gasteiger partial charge on any atom is 0.232 e. The van der Waals surface area contributed by atoms with Crippen LogP contribution in [-0.2, 0) is 11.4 Å². The topological polar surface area (TPSA) is 49.8 Å². The molecule has 0 aromatic heterocycles. The van der Waals surface area contributed by atoms with E-state index in [2.05, 4.69) is 0 Å². The van der Waals surface area contributed by atoms with E-state index in [-0.39, 0.29) is 5.91 Å². The number of β-amino-alcohol motifs (C(OH)–C–C–N with tert-alkyl or cyclic N) is 1. The van der Waals surface area contributed by atoms with Crippen LogP contribution in [0.5, 0.6) is 5.75 Å². The average molecular weight is 297 g/mol. The summed E-state index contributed by atoms with van der Waals surface area (Å²) in [5.41, 5.74) is 1.89. The van der Waals surface area contributed by atoms with E-state index in [1.165, 1.54) is 0 Å². The third-order valence-electron chi connectivity index (χ3n) is 3.95. The van der Waals surface area contributed by atoms with Crippen LogP contribution in [0.25, 0.3) is 0 Å². The maximum absolute atomic E-state index is 12.1. The van der Waals surface area contributed by atoms with E-state index in [1.807, 2.05) is 54.6 Å². The molecule has 114 valence electrons. The molecule has 22 heavy (non-hydrogen) atoms. The van der Waals surface area contributed by atoms with Gasteiger partial charge in [0.1, 0.15) is 12.4 Å². The Morgan fingerprint density at radius 3 is 2.64 bits per heavy atom. The van der Waals surface area contributed by atoms with Crippen molar-refractivity contribution in [3.8, 4) is 5.75 Å². The van der Waals surface area contributed by atoms with E-state index in [0.717, 1.165) is 11.1 Å². The minimum Gasteiger partial charge on any atom is -0.489 e. The lowest BCUT2D eigenvalue weighted by Crippen LogP contribution is -2.21. The van der Waals surface area contributed by atoms with Gasteiger partial charge in [-0.25, -0.2) is 0 Å². The van der Waals surface area contributed by atoms with Gasteiger partial charge in [-0.05, 0) is 23.3 Å². The minimum atomic E-state index is -0.665. The van der Waals surface area contributed by atoms with Crippen molar-refractivity contribution in [3.63, 3.8) is 0 Å². The van der Waals surface area contributed by atoms with Crippen LogP contribution in [0.3, 0.4) is 0 Å². The first-order chi connectivity index (χ1) is 10.6. The van der Waals surface area contributed by atoms with Crippen molar-refractivity contribution in [3.05, 3.63) is 65.7 Å². The van der Waals surface area contributed by atoms with Gasteiger partial charge >= 0.3 is 0 Å². The normalized spacial score (nSPS) is 21.2. The van der Waals surface area contributed by atoms with Crippen LogP contribution in [0.4, 0.5) is 0 Å². The lowest BCUT2D eigenvalue weighted by atomic mass is 9.95. The zero-order valence-corrected chi connectivity index (χ0v) is 12.5. The van der Waals surface area contributed by atoms with Gasteiger partial charge in [-0.1, -0.05) is 42.5 Å². The van der Waals surface area contributed by atoms with Gasteiger partial charge < -0.3 is 14.7 Å². The number of nitrogens with zero attached hydrogens (tertiary/aromatic N) is 1. The predicted molar refractivity (Wildman–Crippen MR) is 83.6 cm³/mol. The first kappa shape index (κ1) is 14.6. The molecule has 1 aliphatic heterocycles. The van der Waals surface area contributed by atoms with E-state index in [1.54, 1.807) is 11.9 Å². The molecule has 2 unspecified atom stereocenters. The highest BCUT2D eigenvalue weighted by Gasteiger charge is 2.38. The Kier molecular flexibility index (Phi) is 4.11. The van der Waals surface area contributed by atoms with E-state index in [4.69, 9.17) is 4.74 Å². The molecule has 0 bridgehead atoms. The van der Waals surface area contributed by atoms with Gasteiger partial charge in [0.05, 0.1) is 12.0 Å². The van der Waals surface area contributed by atoms with Gasteiger partial charge in [-0.3, -0.25) is 4.79 Å². The van der Waals surface area contributed by atoms with Crippen molar-refractivity contribution >= 4 is 5.91 Å². The fourth-order valence-corrected chi connectivity index (χ4v) is 2.78. The number of hydrogen-bond donors (Lipinski definition) is 1. The van der Waals surface area contributed by atoms with Crippen molar-refractivity contribution in [2.75, 3.05) is 13.6 Å². The van der Waals surface area contributed by atoms with Crippen molar-refractivity contribution in [2.24, 2.45) is 0 Å². The number of aliphatic hydroxyl groups is 1. The van der Waals surface area contributed by atoms with Crippen molar-refractivity contribution < 1.29 is 14.6 Å². The molecule has 0 aliphatic carbocycles. The summed E-state index contributed by atoms with van der Waals surface area (Å²) in [6, 6.07) is 17.3. The molecule has 2 aromatic carbocycles.